The summed E-state index contributed by atoms with van der Waals surface area (Å²) in [4.78, 5) is 14.2. The van der Waals surface area contributed by atoms with E-state index in [0.29, 0.717) is 10.0 Å². The van der Waals surface area contributed by atoms with Gasteiger partial charge in [0, 0.05) is 6.42 Å². The summed E-state index contributed by atoms with van der Waals surface area (Å²) < 4.78 is 0.680. The fourth-order valence-corrected chi connectivity index (χ4v) is 2.07. The smallest absolute Gasteiger partial charge is 0.320 e. The number of carboxylic acid groups (broad SMARTS) is 1. The van der Waals surface area contributed by atoms with Crippen LogP contribution < -0.4 is 5.73 Å². The summed E-state index contributed by atoms with van der Waals surface area (Å²) >= 11 is 12.4. The molecule has 13 heavy (non-hydrogen) atoms. The van der Waals surface area contributed by atoms with Crippen LogP contribution in [0.25, 0.3) is 0 Å². The molecule has 3 N–H and O–H groups in total. The average Bonchev–Trinajstić information content (AvgIpc) is 2.30. The molecular formula is C6H6Cl2N2O2S. The Morgan fingerprint density at radius 1 is 1.69 bits per heavy atom. The Morgan fingerprint density at radius 3 is 2.69 bits per heavy atom. The molecule has 1 aromatic heterocycles. The Balaban J connectivity index is 2.74. The largest absolute Gasteiger partial charge is 0.480 e. The number of aromatic nitrogens is 1. The molecule has 0 fully saturated rings. The highest BCUT2D eigenvalue weighted by Crippen LogP contribution is 2.28. The molecule has 1 atom stereocenters. The molecule has 0 bridgehead atoms. The highest BCUT2D eigenvalue weighted by atomic mass is 35.5. The second-order valence-corrected chi connectivity index (χ2v) is 4.52. The lowest BCUT2D eigenvalue weighted by Crippen LogP contribution is -2.32. The van der Waals surface area contributed by atoms with Gasteiger partial charge in [-0.2, -0.15) is 0 Å². The molecule has 0 aliphatic heterocycles. The maximum Gasteiger partial charge on any atom is 0.320 e. The quantitative estimate of drug-likeness (QED) is 0.838. The zero-order valence-electron chi connectivity index (χ0n) is 6.33. The maximum absolute atomic E-state index is 10.4. The third-order valence-electron chi connectivity index (χ3n) is 1.35. The number of hydrogen-bond acceptors (Lipinski definition) is 4. The molecule has 4 nitrogen and oxygen atoms in total. The number of carbonyl (C=O) groups is 1. The van der Waals surface area contributed by atoms with Crippen LogP contribution in [0.3, 0.4) is 0 Å². The minimum Gasteiger partial charge on any atom is -0.480 e. The Morgan fingerprint density at radius 2 is 2.31 bits per heavy atom. The first kappa shape index (κ1) is 10.7. The van der Waals surface area contributed by atoms with E-state index in [4.69, 9.17) is 34.0 Å². The maximum atomic E-state index is 10.4. The predicted molar refractivity (Wildman–Crippen MR) is 51.4 cm³/mol. The Bertz CT molecular complexity index is 328. The molecule has 72 valence electrons. The summed E-state index contributed by atoms with van der Waals surface area (Å²) in [5.74, 6) is -1.08. The van der Waals surface area contributed by atoms with Crippen LogP contribution in [-0.4, -0.2) is 22.1 Å². The standard InChI is InChI=1S/C6H6Cl2N2O2S/c7-4-3(10-6(8)13-4)1-2(9)5(11)12/h2H,1,9H2,(H,11,12). The van der Waals surface area contributed by atoms with Crippen LogP contribution in [0.15, 0.2) is 0 Å². The molecule has 0 aliphatic rings. The molecule has 1 rings (SSSR count). The molecule has 0 saturated heterocycles. The van der Waals surface area contributed by atoms with Crippen molar-refractivity contribution in [3.63, 3.8) is 0 Å². The number of carboxylic acids is 1. The van der Waals surface area contributed by atoms with Crippen molar-refractivity contribution >= 4 is 40.5 Å². The van der Waals surface area contributed by atoms with Gasteiger partial charge in [0.05, 0.1) is 5.69 Å². The van der Waals surface area contributed by atoms with Gasteiger partial charge in [-0.25, -0.2) is 4.98 Å². The molecule has 0 aromatic carbocycles. The second kappa shape index (κ2) is 4.23. The van der Waals surface area contributed by atoms with E-state index in [2.05, 4.69) is 4.98 Å². The van der Waals surface area contributed by atoms with Gasteiger partial charge in [-0.3, -0.25) is 4.79 Å². The number of nitrogens with two attached hydrogens (primary N) is 1. The van der Waals surface area contributed by atoms with Crippen molar-refractivity contribution in [1.29, 1.82) is 0 Å². The summed E-state index contributed by atoms with van der Waals surface area (Å²) in [6.07, 6.45) is 0.0946. The predicted octanol–water partition coefficient (Wildman–Crippen LogP) is 1.40. The first-order valence-electron chi connectivity index (χ1n) is 3.29. The second-order valence-electron chi connectivity index (χ2n) is 2.34. The molecule has 0 saturated carbocycles. The molecule has 1 unspecified atom stereocenters. The van der Waals surface area contributed by atoms with E-state index in [-0.39, 0.29) is 10.9 Å². The third-order valence-corrected chi connectivity index (χ3v) is 2.79. The van der Waals surface area contributed by atoms with Crippen LogP contribution >= 0.6 is 34.5 Å². The van der Waals surface area contributed by atoms with Gasteiger partial charge in [0.2, 0.25) is 0 Å². The Hall–Kier alpha value is -0.360. The van der Waals surface area contributed by atoms with E-state index >= 15 is 0 Å². The lowest BCUT2D eigenvalue weighted by molar-refractivity contribution is -0.138. The lowest BCUT2D eigenvalue weighted by atomic mass is 10.2. The summed E-state index contributed by atoms with van der Waals surface area (Å²) in [7, 11) is 0. The average molecular weight is 241 g/mol. The fourth-order valence-electron chi connectivity index (χ4n) is 0.727. The van der Waals surface area contributed by atoms with E-state index < -0.39 is 12.0 Å². The normalized spacial score (nSPS) is 12.8. The van der Waals surface area contributed by atoms with Gasteiger partial charge in [0.25, 0.3) is 0 Å². The summed E-state index contributed by atoms with van der Waals surface area (Å²) in [5, 5.41) is 8.52. The molecule has 0 spiro atoms. The number of aliphatic carboxylic acids is 1. The van der Waals surface area contributed by atoms with Crippen LogP contribution in [0.5, 0.6) is 0 Å². The van der Waals surface area contributed by atoms with Crippen molar-refractivity contribution in [3.05, 3.63) is 14.5 Å². The van der Waals surface area contributed by atoms with Crippen molar-refractivity contribution in [3.8, 4) is 0 Å². The number of thiazole rings is 1. The van der Waals surface area contributed by atoms with Crippen molar-refractivity contribution in [2.75, 3.05) is 0 Å². The minimum absolute atomic E-state index is 0.0946. The zero-order valence-corrected chi connectivity index (χ0v) is 8.66. The fraction of sp³-hybridized carbons (Fsp3) is 0.333. The van der Waals surface area contributed by atoms with E-state index in [1.54, 1.807) is 0 Å². The lowest BCUT2D eigenvalue weighted by Gasteiger charge is -2.02. The molecule has 1 heterocycles. The first-order valence-corrected chi connectivity index (χ1v) is 4.87. The van der Waals surface area contributed by atoms with Crippen molar-refractivity contribution in [1.82, 2.24) is 4.98 Å². The van der Waals surface area contributed by atoms with Crippen molar-refractivity contribution in [2.24, 2.45) is 5.73 Å². The molecular weight excluding hydrogens is 235 g/mol. The Kier molecular flexibility index (Phi) is 3.49. The van der Waals surface area contributed by atoms with Gasteiger partial charge in [-0.15, -0.1) is 0 Å². The number of rotatable bonds is 3. The van der Waals surface area contributed by atoms with Gasteiger partial charge < -0.3 is 10.8 Å². The molecule has 0 aliphatic carbocycles. The van der Waals surface area contributed by atoms with Crippen LogP contribution in [0, 0.1) is 0 Å². The number of nitrogens with zero attached hydrogens (tertiary/aromatic N) is 1. The van der Waals surface area contributed by atoms with Crippen LogP contribution in [-0.2, 0) is 11.2 Å². The zero-order chi connectivity index (χ0) is 10.0. The van der Waals surface area contributed by atoms with E-state index in [0.717, 1.165) is 11.3 Å². The SMILES string of the molecule is NC(Cc1nc(Cl)sc1Cl)C(=O)O. The summed E-state index contributed by atoms with van der Waals surface area (Å²) in [6.45, 7) is 0. The Labute approximate surface area is 88.3 Å². The monoisotopic (exact) mass is 240 g/mol. The van der Waals surface area contributed by atoms with Crippen LogP contribution in [0.4, 0.5) is 0 Å². The summed E-state index contributed by atoms with van der Waals surface area (Å²) in [5.41, 5.74) is 5.73. The highest BCUT2D eigenvalue weighted by molar-refractivity contribution is 7.19. The van der Waals surface area contributed by atoms with Crippen molar-refractivity contribution < 1.29 is 9.90 Å². The van der Waals surface area contributed by atoms with Gasteiger partial charge in [-0.1, -0.05) is 34.5 Å². The van der Waals surface area contributed by atoms with Gasteiger partial charge >= 0.3 is 5.97 Å². The van der Waals surface area contributed by atoms with Crippen LogP contribution in [0.2, 0.25) is 8.80 Å². The van der Waals surface area contributed by atoms with Crippen molar-refractivity contribution in [2.45, 2.75) is 12.5 Å². The van der Waals surface area contributed by atoms with E-state index in [1.165, 1.54) is 0 Å². The third kappa shape index (κ3) is 2.80. The van der Waals surface area contributed by atoms with Gasteiger partial charge in [0.1, 0.15) is 10.4 Å². The first-order chi connectivity index (χ1) is 6.00. The highest BCUT2D eigenvalue weighted by Gasteiger charge is 2.17. The molecule has 1 aromatic rings. The molecule has 0 amide bonds. The topological polar surface area (TPSA) is 76.2 Å². The van der Waals surface area contributed by atoms with E-state index in [9.17, 15) is 4.79 Å². The number of hydrogen-bond donors (Lipinski definition) is 2. The molecule has 7 heteroatoms. The van der Waals surface area contributed by atoms with E-state index in [1.807, 2.05) is 0 Å². The minimum atomic E-state index is -1.08. The summed E-state index contributed by atoms with van der Waals surface area (Å²) in [6, 6.07) is -0.990. The van der Waals surface area contributed by atoms with Crippen LogP contribution in [0.1, 0.15) is 5.69 Å². The van der Waals surface area contributed by atoms with Gasteiger partial charge in [-0.05, 0) is 0 Å². The number of halogens is 2. The van der Waals surface area contributed by atoms with Gasteiger partial charge in [0.15, 0.2) is 4.47 Å². The molecule has 0 radical (unpaired) electrons.